The number of hydrogen-bond donors (Lipinski definition) is 0. The quantitative estimate of drug-likeness (QED) is 0.636. The minimum Gasteiger partial charge on any atom is -0.383 e. The molecule has 2 aromatic heterocycles. The molecule has 0 aliphatic carbocycles. The van der Waals surface area contributed by atoms with E-state index in [1.54, 1.807) is 37.6 Å². The van der Waals surface area contributed by atoms with Gasteiger partial charge in [-0.1, -0.05) is 6.07 Å². The number of ketones is 1. The Kier molecular flexibility index (Phi) is 5.15. The van der Waals surface area contributed by atoms with Crippen LogP contribution in [0.3, 0.4) is 0 Å². The van der Waals surface area contributed by atoms with Crippen molar-refractivity contribution in [2.75, 3.05) is 13.7 Å². The fraction of sp³-hybridized carbons (Fsp3) is 0.286. The Labute approximate surface area is 152 Å². The van der Waals surface area contributed by atoms with Crippen LogP contribution in [0.25, 0.3) is 10.9 Å². The highest BCUT2D eigenvalue weighted by Crippen LogP contribution is 2.28. The lowest BCUT2D eigenvalue weighted by molar-refractivity contribution is 0.0977. The van der Waals surface area contributed by atoms with Gasteiger partial charge in [0, 0.05) is 42.0 Å². The maximum atomic E-state index is 12.9. The Morgan fingerprint density at radius 1 is 1.31 bits per heavy atom. The molecule has 0 unspecified atom stereocenters. The smallest absolute Gasteiger partial charge is 0.186 e. The molecule has 3 rings (SSSR count). The van der Waals surface area contributed by atoms with E-state index in [1.807, 2.05) is 12.1 Å². The topological polar surface area (TPSA) is 67.9 Å². The second-order valence-corrected chi connectivity index (χ2v) is 6.27. The number of nitrogens with zero attached hydrogens (tertiary/aromatic N) is 3. The zero-order valence-corrected chi connectivity index (χ0v) is 15.2. The number of Topliss-reactive ketones (excluding diaryl/α,β-unsaturated/α-hetero) is 1. The Morgan fingerprint density at radius 2 is 2.12 bits per heavy atom. The Bertz CT molecular complexity index is 984. The summed E-state index contributed by atoms with van der Waals surface area (Å²) in [5.74, 6) is -1.12. The number of aryl methyl sites for hydroxylation is 1. The van der Waals surface area contributed by atoms with Gasteiger partial charge in [0.05, 0.1) is 18.4 Å². The second kappa shape index (κ2) is 7.51. The summed E-state index contributed by atoms with van der Waals surface area (Å²) in [4.78, 5) is 17.1. The molecular formula is C21H21N3O2. The first kappa shape index (κ1) is 17.8. The number of rotatable bonds is 6. The summed E-state index contributed by atoms with van der Waals surface area (Å²) in [6, 6.07) is 13.0. The summed E-state index contributed by atoms with van der Waals surface area (Å²) in [6.45, 7) is 5.50. The number of carbonyl (C=O) groups excluding carboxylic acids is 1. The summed E-state index contributed by atoms with van der Waals surface area (Å²) in [5, 5.41) is 10.5. The molecule has 0 amide bonds. The minimum absolute atomic E-state index is 0.227. The van der Waals surface area contributed by atoms with Crippen LogP contribution in [0.15, 0.2) is 42.6 Å². The number of methoxy groups -OCH3 is 1. The standard InChI is InChI=1S/C21H21N3O2/c1-14-15(2)24(10-11-26-3)20-8-7-16(12-17(14)20)21(25)18(13-22)19-6-4-5-9-23-19/h4-9,12,18H,10-11H2,1-3H3/t18-/m1/s1. The molecule has 0 aliphatic heterocycles. The van der Waals surface area contributed by atoms with E-state index in [-0.39, 0.29) is 5.78 Å². The van der Waals surface area contributed by atoms with Crippen molar-refractivity contribution in [1.82, 2.24) is 9.55 Å². The van der Waals surface area contributed by atoms with Crippen LogP contribution in [0.5, 0.6) is 0 Å². The third-order valence-electron chi connectivity index (χ3n) is 4.82. The van der Waals surface area contributed by atoms with Crippen LogP contribution >= 0.6 is 0 Å². The van der Waals surface area contributed by atoms with E-state index in [0.717, 1.165) is 28.7 Å². The SMILES string of the molecule is COCCn1c(C)c(C)c2cc(C(=O)[C@H](C#N)c3ccccn3)ccc21. The predicted molar refractivity (Wildman–Crippen MR) is 100 cm³/mol. The molecule has 132 valence electrons. The lowest BCUT2D eigenvalue weighted by atomic mass is 9.94. The van der Waals surface area contributed by atoms with Crippen LogP contribution in [0, 0.1) is 25.2 Å². The molecule has 0 spiro atoms. The van der Waals surface area contributed by atoms with E-state index in [9.17, 15) is 10.1 Å². The number of ether oxygens (including phenoxy) is 1. The zero-order chi connectivity index (χ0) is 18.7. The maximum Gasteiger partial charge on any atom is 0.186 e. The van der Waals surface area contributed by atoms with Crippen LogP contribution in [-0.2, 0) is 11.3 Å². The summed E-state index contributed by atoms with van der Waals surface area (Å²) in [7, 11) is 1.68. The molecule has 0 saturated carbocycles. The van der Waals surface area contributed by atoms with Crippen LogP contribution in [0.2, 0.25) is 0 Å². The minimum atomic E-state index is -0.898. The molecule has 3 aromatic rings. The van der Waals surface area contributed by atoms with Crippen molar-refractivity contribution in [1.29, 1.82) is 5.26 Å². The summed E-state index contributed by atoms with van der Waals surface area (Å²) < 4.78 is 7.40. The number of hydrogen-bond acceptors (Lipinski definition) is 4. The van der Waals surface area contributed by atoms with Gasteiger partial charge in [-0.2, -0.15) is 5.26 Å². The van der Waals surface area contributed by atoms with Crippen molar-refractivity contribution in [2.24, 2.45) is 0 Å². The van der Waals surface area contributed by atoms with Gasteiger partial charge in [0.1, 0.15) is 0 Å². The fourth-order valence-corrected chi connectivity index (χ4v) is 3.25. The van der Waals surface area contributed by atoms with Gasteiger partial charge in [-0.25, -0.2) is 0 Å². The van der Waals surface area contributed by atoms with Gasteiger partial charge in [-0.3, -0.25) is 9.78 Å². The van der Waals surface area contributed by atoms with E-state index < -0.39 is 5.92 Å². The van der Waals surface area contributed by atoms with Gasteiger partial charge < -0.3 is 9.30 Å². The summed E-state index contributed by atoms with van der Waals surface area (Å²) in [5.41, 5.74) is 4.37. The van der Waals surface area contributed by atoms with Gasteiger partial charge in [0.2, 0.25) is 0 Å². The highest BCUT2D eigenvalue weighted by Gasteiger charge is 2.24. The molecule has 0 bridgehead atoms. The zero-order valence-electron chi connectivity index (χ0n) is 15.2. The molecule has 26 heavy (non-hydrogen) atoms. The predicted octanol–water partition coefficient (Wildman–Crippen LogP) is 3.79. The van der Waals surface area contributed by atoms with Gasteiger partial charge in [0.15, 0.2) is 11.7 Å². The Hall–Kier alpha value is -2.97. The van der Waals surface area contributed by atoms with Crippen molar-refractivity contribution < 1.29 is 9.53 Å². The van der Waals surface area contributed by atoms with E-state index in [0.29, 0.717) is 17.9 Å². The molecule has 5 heteroatoms. The van der Waals surface area contributed by atoms with Crippen molar-refractivity contribution in [2.45, 2.75) is 26.3 Å². The van der Waals surface area contributed by atoms with Gasteiger partial charge in [-0.15, -0.1) is 0 Å². The molecule has 0 radical (unpaired) electrons. The van der Waals surface area contributed by atoms with Crippen molar-refractivity contribution in [3.63, 3.8) is 0 Å². The van der Waals surface area contributed by atoms with E-state index in [4.69, 9.17) is 4.74 Å². The third-order valence-corrected chi connectivity index (χ3v) is 4.82. The molecule has 0 fully saturated rings. The summed E-state index contributed by atoms with van der Waals surface area (Å²) >= 11 is 0. The van der Waals surface area contributed by atoms with E-state index in [1.165, 1.54) is 0 Å². The molecule has 0 saturated heterocycles. The Morgan fingerprint density at radius 3 is 2.77 bits per heavy atom. The van der Waals surface area contributed by atoms with Crippen molar-refractivity contribution in [3.8, 4) is 6.07 Å². The number of aromatic nitrogens is 2. The Balaban J connectivity index is 2.02. The number of nitriles is 1. The molecule has 1 atom stereocenters. The van der Waals surface area contributed by atoms with Crippen LogP contribution < -0.4 is 0 Å². The first-order chi connectivity index (χ1) is 12.6. The third kappa shape index (κ3) is 3.12. The van der Waals surface area contributed by atoms with Crippen LogP contribution in [0.1, 0.15) is 33.2 Å². The maximum absolute atomic E-state index is 12.9. The monoisotopic (exact) mass is 347 g/mol. The number of benzene rings is 1. The van der Waals surface area contributed by atoms with Gasteiger partial charge >= 0.3 is 0 Å². The van der Waals surface area contributed by atoms with Crippen LogP contribution in [0.4, 0.5) is 0 Å². The van der Waals surface area contributed by atoms with Crippen molar-refractivity contribution in [3.05, 3.63) is 65.1 Å². The highest BCUT2D eigenvalue weighted by atomic mass is 16.5. The number of pyridine rings is 1. The molecule has 0 aliphatic rings. The van der Waals surface area contributed by atoms with E-state index in [2.05, 4.69) is 29.5 Å². The number of carbonyl (C=O) groups is 1. The molecule has 1 aromatic carbocycles. The summed E-state index contributed by atoms with van der Waals surface area (Å²) in [6.07, 6.45) is 1.60. The average Bonchev–Trinajstić information content (AvgIpc) is 2.91. The highest BCUT2D eigenvalue weighted by molar-refractivity contribution is 6.05. The fourth-order valence-electron chi connectivity index (χ4n) is 3.25. The molecule has 5 nitrogen and oxygen atoms in total. The van der Waals surface area contributed by atoms with Crippen molar-refractivity contribution >= 4 is 16.7 Å². The first-order valence-electron chi connectivity index (χ1n) is 8.51. The normalized spacial score (nSPS) is 12.1. The largest absolute Gasteiger partial charge is 0.383 e. The lowest BCUT2D eigenvalue weighted by Crippen LogP contribution is -2.12. The first-order valence-corrected chi connectivity index (χ1v) is 8.51. The van der Waals surface area contributed by atoms with Crippen LogP contribution in [-0.4, -0.2) is 29.1 Å². The lowest BCUT2D eigenvalue weighted by Gasteiger charge is -2.09. The number of fused-ring (bicyclic) bond motifs is 1. The average molecular weight is 347 g/mol. The van der Waals surface area contributed by atoms with Gasteiger partial charge in [0.25, 0.3) is 0 Å². The van der Waals surface area contributed by atoms with Gasteiger partial charge in [-0.05, 0) is 49.7 Å². The molecule has 2 heterocycles. The molecular weight excluding hydrogens is 326 g/mol. The van der Waals surface area contributed by atoms with E-state index >= 15 is 0 Å². The molecule has 0 N–H and O–H groups in total. The second-order valence-electron chi connectivity index (χ2n) is 6.27.